The number of nitriles is 2. The third-order valence-corrected chi connectivity index (χ3v) is 4.78. The third kappa shape index (κ3) is 3.36. The standard InChI is InChI=1S/C21H20N4O2/c1-21(2)19(26)18(16-11-14(12-22)9-10-17(16)27-21)25(3)20(24-13-23)15-7-5-4-6-8-15/h4-11,18-19,26H,1-3H3/t18-,19+/m1/s1. The first-order valence-corrected chi connectivity index (χ1v) is 8.55. The summed E-state index contributed by atoms with van der Waals surface area (Å²) in [4.78, 5) is 5.77. The Morgan fingerprint density at radius 3 is 2.52 bits per heavy atom. The molecule has 0 spiro atoms. The molecule has 0 fully saturated rings. The summed E-state index contributed by atoms with van der Waals surface area (Å²) < 4.78 is 5.97. The fourth-order valence-corrected chi connectivity index (χ4v) is 3.37. The van der Waals surface area contributed by atoms with Gasteiger partial charge in [0, 0.05) is 18.2 Å². The van der Waals surface area contributed by atoms with E-state index in [1.165, 1.54) is 0 Å². The zero-order valence-electron chi connectivity index (χ0n) is 15.4. The summed E-state index contributed by atoms with van der Waals surface area (Å²) in [6.07, 6.45) is 0.943. The van der Waals surface area contributed by atoms with Crippen molar-refractivity contribution in [2.24, 2.45) is 4.99 Å². The lowest BCUT2D eigenvalue weighted by Gasteiger charge is -2.46. The number of aliphatic hydroxyl groups is 1. The molecule has 1 aliphatic heterocycles. The zero-order chi connectivity index (χ0) is 19.6. The Kier molecular flexibility index (Phi) is 4.85. The van der Waals surface area contributed by atoms with Crippen LogP contribution in [-0.2, 0) is 0 Å². The van der Waals surface area contributed by atoms with Crippen LogP contribution in [0.15, 0.2) is 53.5 Å². The molecule has 0 aliphatic carbocycles. The Labute approximate surface area is 158 Å². The minimum absolute atomic E-state index is 0.438. The number of nitrogens with zero attached hydrogens (tertiary/aromatic N) is 4. The fourth-order valence-electron chi connectivity index (χ4n) is 3.37. The van der Waals surface area contributed by atoms with Gasteiger partial charge < -0.3 is 14.7 Å². The second kappa shape index (κ2) is 7.11. The molecule has 0 bridgehead atoms. The van der Waals surface area contributed by atoms with E-state index >= 15 is 0 Å². The van der Waals surface area contributed by atoms with Crippen LogP contribution in [0.4, 0.5) is 0 Å². The fraction of sp³-hybridized carbons (Fsp3) is 0.286. The van der Waals surface area contributed by atoms with Crippen molar-refractivity contribution in [1.82, 2.24) is 4.90 Å². The average Bonchev–Trinajstić information content (AvgIpc) is 2.67. The Balaban J connectivity index is 2.15. The van der Waals surface area contributed by atoms with E-state index in [1.54, 1.807) is 30.1 Å². The summed E-state index contributed by atoms with van der Waals surface area (Å²) in [7, 11) is 1.78. The van der Waals surface area contributed by atoms with Crippen molar-refractivity contribution in [3.63, 3.8) is 0 Å². The predicted octanol–water partition coefficient (Wildman–Crippen LogP) is 2.99. The normalized spacial score (nSPS) is 20.6. The van der Waals surface area contributed by atoms with Gasteiger partial charge in [-0.1, -0.05) is 30.3 Å². The molecule has 1 heterocycles. The molecule has 27 heavy (non-hydrogen) atoms. The van der Waals surface area contributed by atoms with Crippen molar-refractivity contribution in [3.8, 4) is 18.0 Å². The molecule has 3 rings (SSSR count). The predicted molar refractivity (Wildman–Crippen MR) is 101 cm³/mol. The number of benzene rings is 2. The number of fused-ring (bicyclic) bond motifs is 1. The van der Waals surface area contributed by atoms with Crippen molar-refractivity contribution in [2.45, 2.75) is 31.6 Å². The largest absolute Gasteiger partial charge is 0.485 e. The van der Waals surface area contributed by atoms with Crippen molar-refractivity contribution >= 4 is 5.84 Å². The van der Waals surface area contributed by atoms with Crippen molar-refractivity contribution < 1.29 is 9.84 Å². The molecule has 6 nitrogen and oxygen atoms in total. The first-order chi connectivity index (χ1) is 12.9. The van der Waals surface area contributed by atoms with Gasteiger partial charge in [0.2, 0.25) is 6.19 Å². The van der Waals surface area contributed by atoms with E-state index in [1.807, 2.05) is 50.4 Å². The summed E-state index contributed by atoms with van der Waals surface area (Å²) in [6, 6.07) is 16.0. The van der Waals surface area contributed by atoms with Gasteiger partial charge in [0.25, 0.3) is 0 Å². The second-order valence-corrected chi connectivity index (χ2v) is 6.97. The maximum absolute atomic E-state index is 11.1. The Morgan fingerprint density at radius 1 is 1.19 bits per heavy atom. The van der Waals surface area contributed by atoms with E-state index in [-0.39, 0.29) is 0 Å². The maximum atomic E-state index is 11.1. The Morgan fingerprint density at radius 2 is 1.89 bits per heavy atom. The minimum atomic E-state index is -0.906. The number of aliphatic imine (C=N–C) groups is 1. The summed E-state index contributed by atoms with van der Waals surface area (Å²) in [5.74, 6) is 1.04. The van der Waals surface area contributed by atoms with Gasteiger partial charge in [-0.25, -0.2) is 0 Å². The van der Waals surface area contributed by atoms with Gasteiger partial charge in [0.1, 0.15) is 23.3 Å². The highest BCUT2D eigenvalue weighted by Crippen LogP contribution is 2.43. The molecule has 1 aliphatic rings. The van der Waals surface area contributed by atoms with Crippen molar-refractivity contribution in [3.05, 3.63) is 65.2 Å². The number of hydrogen-bond acceptors (Lipinski definition) is 5. The van der Waals surface area contributed by atoms with E-state index in [0.717, 1.165) is 5.56 Å². The molecule has 2 aromatic carbocycles. The molecule has 6 heteroatoms. The highest BCUT2D eigenvalue weighted by molar-refractivity contribution is 5.99. The molecule has 0 aromatic heterocycles. The van der Waals surface area contributed by atoms with Crippen LogP contribution < -0.4 is 4.74 Å². The van der Waals surface area contributed by atoms with Gasteiger partial charge in [0.15, 0.2) is 0 Å². The zero-order valence-corrected chi connectivity index (χ0v) is 15.4. The summed E-state index contributed by atoms with van der Waals surface area (Å²) in [5.41, 5.74) is 1.07. The topological polar surface area (TPSA) is 92.6 Å². The lowest BCUT2D eigenvalue weighted by molar-refractivity contribution is -0.0783. The number of amidine groups is 1. The van der Waals surface area contributed by atoms with Crippen LogP contribution in [0, 0.1) is 22.8 Å². The Bertz CT molecular complexity index is 954. The van der Waals surface area contributed by atoms with Gasteiger partial charge >= 0.3 is 0 Å². The maximum Gasteiger partial charge on any atom is 0.207 e. The molecule has 2 aromatic rings. The molecule has 136 valence electrons. The van der Waals surface area contributed by atoms with E-state index < -0.39 is 17.7 Å². The van der Waals surface area contributed by atoms with E-state index in [0.29, 0.717) is 22.7 Å². The van der Waals surface area contributed by atoms with Crippen LogP contribution in [0.1, 0.15) is 36.6 Å². The summed E-state index contributed by atoms with van der Waals surface area (Å²) in [6.45, 7) is 3.62. The molecule has 0 radical (unpaired) electrons. The highest BCUT2D eigenvalue weighted by atomic mass is 16.5. The van der Waals surface area contributed by atoms with Crippen LogP contribution in [0.5, 0.6) is 5.75 Å². The van der Waals surface area contributed by atoms with Gasteiger partial charge in [-0.05, 0) is 32.0 Å². The van der Waals surface area contributed by atoms with E-state index in [9.17, 15) is 15.6 Å². The second-order valence-electron chi connectivity index (χ2n) is 6.97. The number of ether oxygens (including phenoxy) is 1. The molecule has 0 unspecified atom stereocenters. The molecule has 2 atom stereocenters. The van der Waals surface area contributed by atoms with Gasteiger partial charge in [-0.2, -0.15) is 15.5 Å². The number of rotatable bonds is 2. The molecule has 0 saturated carbocycles. The molecular formula is C21H20N4O2. The van der Waals surface area contributed by atoms with E-state index in [2.05, 4.69) is 11.1 Å². The number of likely N-dealkylation sites (N-methyl/N-ethyl adjacent to an activating group) is 1. The Hall–Kier alpha value is -3.35. The van der Waals surface area contributed by atoms with Gasteiger partial charge in [-0.15, -0.1) is 0 Å². The highest BCUT2D eigenvalue weighted by Gasteiger charge is 2.45. The lowest BCUT2D eigenvalue weighted by atomic mass is 9.85. The first-order valence-electron chi connectivity index (χ1n) is 8.55. The molecular weight excluding hydrogens is 340 g/mol. The first kappa shape index (κ1) is 18.4. The van der Waals surface area contributed by atoms with E-state index in [4.69, 9.17) is 4.74 Å². The van der Waals surface area contributed by atoms with Crippen molar-refractivity contribution in [1.29, 1.82) is 10.5 Å². The summed E-state index contributed by atoms with van der Waals surface area (Å²) in [5, 5.41) is 29.5. The monoisotopic (exact) mass is 360 g/mol. The lowest BCUT2D eigenvalue weighted by Crippen LogP contribution is -2.54. The quantitative estimate of drug-likeness (QED) is 0.505. The van der Waals surface area contributed by atoms with Crippen LogP contribution >= 0.6 is 0 Å². The average molecular weight is 360 g/mol. The van der Waals surface area contributed by atoms with Crippen LogP contribution in [0.25, 0.3) is 0 Å². The SMILES string of the molecule is CN(C(=NC#N)c1ccccc1)[C@@H]1c2cc(C#N)ccc2OC(C)(C)[C@H]1O. The summed E-state index contributed by atoms with van der Waals surface area (Å²) >= 11 is 0. The van der Waals surface area contributed by atoms with Crippen LogP contribution in [0.3, 0.4) is 0 Å². The molecule has 1 N–H and O–H groups in total. The molecule has 0 saturated heterocycles. The van der Waals surface area contributed by atoms with Crippen LogP contribution in [-0.4, -0.2) is 34.6 Å². The third-order valence-electron chi connectivity index (χ3n) is 4.78. The van der Waals surface area contributed by atoms with Crippen LogP contribution in [0.2, 0.25) is 0 Å². The van der Waals surface area contributed by atoms with Crippen molar-refractivity contribution in [2.75, 3.05) is 7.05 Å². The minimum Gasteiger partial charge on any atom is -0.485 e. The van der Waals surface area contributed by atoms with Gasteiger partial charge in [-0.3, -0.25) is 0 Å². The van der Waals surface area contributed by atoms with Gasteiger partial charge in [0.05, 0.1) is 17.7 Å². The molecule has 0 amide bonds. The number of aliphatic hydroxyl groups excluding tert-OH is 1. The smallest absolute Gasteiger partial charge is 0.207 e. The number of hydrogen-bond donors (Lipinski definition) is 1.